The average molecular weight is 364 g/mol. The predicted octanol–water partition coefficient (Wildman–Crippen LogP) is 4.47. The third-order valence-corrected chi connectivity index (χ3v) is 4.17. The lowest BCUT2D eigenvalue weighted by Gasteiger charge is -2.13. The summed E-state index contributed by atoms with van der Waals surface area (Å²) in [6.07, 6.45) is 0. The number of hydrogen-bond donors (Lipinski definition) is 2. The van der Waals surface area contributed by atoms with Gasteiger partial charge in [0.05, 0.1) is 14.2 Å². The zero-order valence-corrected chi connectivity index (χ0v) is 16.0. The van der Waals surface area contributed by atoms with E-state index in [-0.39, 0.29) is 0 Å². The maximum Gasteiger partial charge on any atom is 0.161 e. The Kier molecular flexibility index (Phi) is 5.76. The fraction of sp³-hybridized carbons (Fsp3) is 0.238. The van der Waals surface area contributed by atoms with Crippen LogP contribution in [0.5, 0.6) is 11.5 Å². The molecule has 3 rings (SSSR count). The first-order chi connectivity index (χ1) is 13.1. The van der Waals surface area contributed by atoms with Crippen molar-refractivity contribution >= 4 is 17.3 Å². The predicted molar refractivity (Wildman–Crippen MR) is 108 cm³/mol. The van der Waals surface area contributed by atoms with Gasteiger partial charge < -0.3 is 20.1 Å². The maximum absolute atomic E-state index is 5.36. The minimum absolute atomic E-state index is 0.612. The molecule has 0 saturated heterocycles. The van der Waals surface area contributed by atoms with E-state index in [1.807, 2.05) is 49.4 Å². The number of ether oxygens (including phenoxy) is 2. The van der Waals surface area contributed by atoms with E-state index >= 15 is 0 Å². The summed E-state index contributed by atoms with van der Waals surface area (Å²) in [4.78, 5) is 8.95. The molecule has 6 nitrogen and oxygen atoms in total. The van der Waals surface area contributed by atoms with E-state index in [9.17, 15) is 0 Å². The molecule has 0 amide bonds. The van der Waals surface area contributed by atoms with Crippen molar-refractivity contribution in [1.29, 1.82) is 0 Å². The van der Waals surface area contributed by atoms with Crippen molar-refractivity contribution in [2.24, 2.45) is 0 Å². The van der Waals surface area contributed by atoms with Gasteiger partial charge in [0.15, 0.2) is 11.5 Å². The number of hydrogen-bond acceptors (Lipinski definition) is 6. The van der Waals surface area contributed by atoms with Crippen LogP contribution in [0.25, 0.3) is 0 Å². The molecule has 0 saturated carbocycles. The lowest BCUT2D eigenvalue weighted by molar-refractivity contribution is 0.354. The molecule has 0 spiro atoms. The molecule has 140 valence electrons. The number of aryl methyl sites for hydroxylation is 2. The van der Waals surface area contributed by atoms with Gasteiger partial charge in [0, 0.05) is 18.3 Å². The zero-order chi connectivity index (χ0) is 19.2. The topological polar surface area (TPSA) is 68.3 Å². The molecule has 3 aromatic rings. The minimum Gasteiger partial charge on any atom is -0.493 e. The van der Waals surface area contributed by atoms with Gasteiger partial charge in [-0.1, -0.05) is 24.3 Å². The van der Waals surface area contributed by atoms with Crippen molar-refractivity contribution in [3.63, 3.8) is 0 Å². The highest BCUT2D eigenvalue weighted by atomic mass is 16.5. The highest BCUT2D eigenvalue weighted by molar-refractivity contribution is 5.62. The second-order valence-electron chi connectivity index (χ2n) is 6.17. The summed E-state index contributed by atoms with van der Waals surface area (Å²) in [6.45, 7) is 4.55. The van der Waals surface area contributed by atoms with Crippen molar-refractivity contribution in [3.8, 4) is 11.5 Å². The fourth-order valence-electron chi connectivity index (χ4n) is 2.76. The largest absolute Gasteiger partial charge is 0.493 e. The first-order valence-electron chi connectivity index (χ1n) is 8.72. The Labute approximate surface area is 159 Å². The molecule has 0 fully saturated rings. The molecule has 0 bridgehead atoms. The molecular formula is C21H24N4O2. The molecule has 1 heterocycles. The Morgan fingerprint density at radius 1 is 0.852 bits per heavy atom. The Hall–Kier alpha value is -3.28. The van der Waals surface area contributed by atoms with E-state index in [0.717, 1.165) is 28.5 Å². The lowest BCUT2D eigenvalue weighted by atomic mass is 10.2. The smallest absolute Gasteiger partial charge is 0.161 e. The molecule has 0 aliphatic rings. The standard InChI is InChI=1S/C21H24N4O2/c1-14-7-5-6-8-17(14)25-21-12-20(23-15(2)24-21)22-13-16-9-10-18(26-3)19(11-16)27-4/h5-12H,13H2,1-4H3,(H2,22,23,24,25). The number of para-hydroxylation sites is 1. The van der Waals surface area contributed by atoms with Crippen molar-refractivity contribution < 1.29 is 9.47 Å². The summed E-state index contributed by atoms with van der Waals surface area (Å²) in [7, 11) is 3.26. The van der Waals surface area contributed by atoms with E-state index < -0.39 is 0 Å². The average Bonchev–Trinajstić information content (AvgIpc) is 2.67. The van der Waals surface area contributed by atoms with Crippen LogP contribution < -0.4 is 20.1 Å². The number of aromatic nitrogens is 2. The minimum atomic E-state index is 0.612. The van der Waals surface area contributed by atoms with Crippen molar-refractivity contribution in [2.75, 3.05) is 24.9 Å². The van der Waals surface area contributed by atoms with Crippen LogP contribution in [-0.2, 0) is 6.54 Å². The van der Waals surface area contributed by atoms with Crippen molar-refractivity contribution in [1.82, 2.24) is 9.97 Å². The summed E-state index contributed by atoms with van der Waals surface area (Å²) in [5.74, 6) is 3.63. The van der Waals surface area contributed by atoms with Gasteiger partial charge >= 0.3 is 0 Å². The van der Waals surface area contributed by atoms with Gasteiger partial charge in [-0.05, 0) is 43.2 Å². The van der Waals surface area contributed by atoms with E-state index in [4.69, 9.17) is 9.47 Å². The number of methoxy groups -OCH3 is 2. The van der Waals surface area contributed by atoms with Crippen LogP contribution in [0.4, 0.5) is 17.3 Å². The highest BCUT2D eigenvalue weighted by Crippen LogP contribution is 2.28. The summed E-state index contributed by atoms with van der Waals surface area (Å²) in [5, 5.41) is 6.70. The van der Waals surface area contributed by atoms with Gasteiger partial charge in [-0.3, -0.25) is 0 Å². The molecule has 1 aromatic heterocycles. The van der Waals surface area contributed by atoms with Crippen molar-refractivity contribution in [2.45, 2.75) is 20.4 Å². The molecule has 0 aliphatic heterocycles. The molecule has 0 unspecified atom stereocenters. The Balaban J connectivity index is 1.74. The van der Waals surface area contributed by atoms with Gasteiger partial charge in [0.1, 0.15) is 17.5 Å². The summed E-state index contributed by atoms with van der Waals surface area (Å²) >= 11 is 0. The number of nitrogens with one attached hydrogen (secondary N) is 2. The molecule has 0 atom stereocenters. The molecule has 2 aromatic carbocycles. The monoisotopic (exact) mass is 364 g/mol. The summed E-state index contributed by atoms with van der Waals surface area (Å²) < 4.78 is 10.6. The molecule has 6 heteroatoms. The van der Waals surface area contributed by atoms with E-state index in [0.29, 0.717) is 23.9 Å². The van der Waals surface area contributed by atoms with Crippen LogP contribution in [0, 0.1) is 13.8 Å². The molecular weight excluding hydrogens is 340 g/mol. The molecule has 2 N–H and O–H groups in total. The summed E-state index contributed by atoms with van der Waals surface area (Å²) in [5.41, 5.74) is 3.26. The SMILES string of the molecule is COc1ccc(CNc2cc(Nc3ccccc3C)nc(C)n2)cc1OC. The third-order valence-electron chi connectivity index (χ3n) is 4.17. The number of anilines is 3. The Morgan fingerprint density at radius 2 is 1.59 bits per heavy atom. The van der Waals surface area contributed by atoms with E-state index in [1.165, 1.54) is 0 Å². The van der Waals surface area contributed by atoms with Crippen LogP contribution in [0.1, 0.15) is 17.0 Å². The van der Waals surface area contributed by atoms with Crippen LogP contribution in [0.3, 0.4) is 0 Å². The molecule has 27 heavy (non-hydrogen) atoms. The Morgan fingerprint density at radius 3 is 2.33 bits per heavy atom. The van der Waals surface area contributed by atoms with Gasteiger partial charge in [0.25, 0.3) is 0 Å². The quantitative estimate of drug-likeness (QED) is 0.645. The van der Waals surface area contributed by atoms with Crippen LogP contribution in [-0.4, -0.2) is 24.2 Å². The van der Waals surface area contributed by atoms with Gasteiger partial charge in [-0.15, -0.1) is 0 Å². The summed E-state index contributed by atoms with van der Waals surface area (Å²) in [6, 6.07) is 15.9. The lowest BCUT2D eigenvalue weighted by Crippen LogP contribution is -2.05. The Bertz CT molecular complexity index is 928. The third kappa shape index (κ3) is 4.67. The van der Waals surface area contributed by atoms with Crippen LogP contribution in [0.2, 0.25) is 0 Å². The van der Waals surface area contributed by atoms with E-state index in [2.05, 4.69) is 33.6 Å². The van der Waals surface area contributed by atoms with Gasteiger partial charge in [-0.25, -0.2) is 9.97 Å². The fourth-order valence-corrected chi connectivity index (χ4v) is 2.76. The molecule has 0 radical (unpaired) electrons. The first-order valence-corrected chi connectivity index (χ1v) is 8.72. The second-order valence-corrected chi connectivity index (χ2v) is 6.17. The molecule has 0 aliphatic carbocycles. The van der Waals surface area contributed by atoms with Gasteiger partial charge in [0.2, 0.25) is 0 Å². The normalized spacial score (nSPS) is 10.4. The number of rotatable bonds is 7. The van der Waals surface area contributed by atoms with Crippen LogP contribution in [0.15, 0.2) is 48.5 Å². The number of benzene rings is 2. The zero-order valence-electron chi connectivity index (χ0n) is 16.0. The first kappa shape index (κ1) is 18.5. The van der Waals surface area contributed by atoms with E-state index in [1.54, 1.807) is 14.2 Å². The maximum atomic E-state index is 5.36. The highest BCUT2D eigenvalue weighted by Gasteiger charge is 2.07. The van der Waals surface area contributed by atoms with Crippen molar-refractivity contribution in [3.05, 3.63) is 65.5 Å². The van der Waals surface area contributed by atoms with Crippen LogP contribution >= 0.6 is 0 Å². The van der Waals surface area contributed by atoms with Gasteiger partial charge in [-0.2, -0.15) is 0 Å². The number of nitrogens with zero attached hydrogens (tertiary/aromatic N) is 2. The second kappa shape index (κ2) is 8.40.